The predicted octanol–water partition coefficient (Wildman–Crippen LogP) is 3.01. The fourth-order valence-corrected chi connectivity index (χ4v) is 1.75. The number of halogens is 1. The van der Waals surface area contributed by atoms with Gasteiger partial charge in [0, 0.05) is 17.6 Å². The maximum absolute atomic E-state index is 5.69. The van der Waals surface area contributed by atoms with Gasteiger partial charge in [-0.05, 0) is 24.1 Å². The zero-order chi connectivity index (χ0) is 12.8. The SMILES string of the molecule is COc1cc(Nc2ccc(CCCl)cc2)ncn1. The minimum Gasteiger partial charge on any atom is -0.481 e. The number of aryl methyl sites for hydroxylation is 1. The second kappa shape index (κ2) is 6.21. The second-order valence-electron chi connectivity index (χ2n) is 3.71. The molecule has 18 heavy (non-hydrogen) atoms. The molecule has 2 aromatic rings. The molecule has 0 aliphatic heterocycles. The molecular formula is C13H14ClN3O. The quantitative estimate of drug-likeness (QED) is 0.843. The molecule has 0 saturated heterocycles. The van der Waals surface area contributed by atoms with Crippen LogP contribution in [0.4, 0.5) is 11.5 Å². The van der Waals surface area contributed by atoms with Gasteiger partial charge in [0.1, 0.15) is 12.1 Å². The lowest BCUT2D eigenvalue weighted by Crippen LogP contribution is -1.96. The van der Waals surface area contributed by atoms with Crippen molar-refractivity contribution >= 4 is 23.1 Å². The van der Waals surface area contributed by atoms with Crippen molar-refractivity contribution in [3.63, 3.8) is 0 Å². The average Bonchev–Trinajstić information content (AvgIpc) is 2.42. The maximum Gasteiger partial charge on any atom is 0.218 e. The Labute approximate surface area is 111 Å². The number of aromatic nitrogens is 2. The minimum absolute atomic E-state index is 0.534. The molecule has 0 saturated carbocycles. The molecular weight excluding hydrogens is 250 g/mol. The number of nitrogens with zero attached hydrogens (tertiary/aromatic N) is 2. The van der Waals surface area contributed by atoms with E-state index in [1.807, 2.05) is 24.3 Å². The minimum atomic E-state index is 0.534. The van der Waals surface area contributed by atoms with E-state index in [0.717, 1.165) is 12.1 Å². The van der Waals surface area contributed by atoms with Gasteiger partial charge in [0.15, 0.2) is 0 Å². The van der Waals surface area contributed by atoms with Crippen LogP contribution in [0.15, 0.2) is 36.7 Å². The van der Waals surface area contributed by atoms with Crippen molar-refractivity contribution in [2.75, 3.05) is 18.3 Å². The van der Waals surface area contributed by atoms with E-state index in [0.29, 0.717) is 17.6 Å². The predicted molar refractivity (Wildman–Crippen MR) is 72.7 cm³/mol. The molecule has 1 aromatic carbocycles. The van der Waals surface area contributed by atoms with Crippen LogP contribution in [0.1, 0.15) is 5.56 Å². The van der Waals surface area contributed by atoms with Crippen LogP contribution in [0.2, 0.25) is 0 Å². The summed E-state index contributed by atoms with van der Waals surface area (Å²) in [5.74, 6) is 1.87. The van der Waals surface area contributed by atoms with Crippen molar-refractivity contribution < 1.29 is 4.74 Å². The number of rotatable bonds is 5. The number of hydrogen-bond acceptors (Lipinski definition) is 4. The standard InChI is InChI=1S/C13H14ClN3O/c1-18-13-8-12(15-9-16-13)17-11-4-2-10(3-5-11)6-7-14/h2-5,8-9H,6-7H2,1H3,(H,15,16,17). The third kappa shape index (κ3) is 3.34. The van der Waals surface area contributed by atoms with Crippen molar-refractivity contribution in [2.24, 2.45) is 0 Å². The maximum atomic E-state index is 5.69. The zero-order valence-corrected chi connectivity index (χ0v) is 10.8. The van der Waals surface area contributed by atoms with Crippen LogP contribution in [-0.2, 0) is 6.42 Å². The summed E-state index contributed by atoms with van der Waals surface area (Å²) in [7, 11) is 1.58. The van der Waals surface area contributed by atoms with Crippen molar-refractivity contribution in [3.8, 4) is 5.88 Å². The summed E-state index contributed by atoms with van der Waals surface area (Å²) in [4.78, 5) is 8.07. The van der Waals surface area contributed by atoms with E-state index in [9.17, 15) is 0 Å². The van der Waals surface area contributed by atoms with Crippen molar-refractivity contribution in [2.45, 2.75) is 6.42 Å². The van der Waals surface area contributed by atoms with E-state index in [4.69, 9.17) is 16.3 Å². The van der Waals surface area contributed by atoms with Crippen LogP contribution in [0.3, 0.4) is 0 Å². The summed E-state index contributed by atoms with van der Waals surface area (Å²) in [6.07, 6.45) is 2.34. The first kappa shape index (κ1) is 12.6. The topological polar surface area (TPSA) is 47.0 Å². The van der Waals surface area contributed by atoms with Gasteiger partial charge in [-0.25, -0.2) is 9.97 Å². The highest BCUT2D eigenvalue weighted by molar-refractivity contribution is 6.17. The van der Waals surface area contributed by atoms with Crippen LogP contribution >= 0.6 is 11.6 Å². The highest BCUT2D eigenvalue weighted by Crippen LogP contribution is 2.17. The fourth-order valence-electron chi connectivity index (χ4n) is 1.53. The number of benzene rings is 1. The van der Waals surface area contributed by atoms with Crippen molar-refractivity contribution in [1.82, 2.24) is 9.97 Å². The molecule has 0 aliphatic carbocycles. The van der Waals surface area contributed by atoms with Gasteiger partial charge in [-0.3, -0.25) is 0 Å². The molecule has 1 N–H and O–H groups in total. The summed E-state index contributed by atoms with van der Waals surface area (Å²) in [5, 5.41) is 3.18. The third-order valence-electron chi connectivity index (χ3n) is 2.46. The summed E-state index contributed by atoms with van der Waals surface area (Å²) in [6, 6.07) is 9.83. The summed E-state index contributed by atoms with van der Waals surface area (Å²) in [6.45, 7) is 0. The van der Waals surface area contributed by atoms with E-state index in [1.54, 1.807) is 13.2 Å². The first-order chi connectivity index (χ1) is 8.81. The molecule has 0 amide bonds. The van der Waals surface area contributed by atoms with Gasteiger partial charge in [0.25, 0.3) is 0 Å². The van der Waals surface area contributed by atoms with E-state index >= 15 is 0 Å². The fraction of sp³-hybridized carbons (Fsp3) is 0.231. The largest absolute Gasteiger partial charge is 0.481 e. The van der Waals surface area contributed by atoms with E-state index in [2.05, 4.69) is 15.3 Å². The lowest BCUT2D eigenvalue weighted by molar-refractivity contribution is 0.397. The van der Waals surface area contributed by atoms with Crippen molar-refractivity contribution in [3.05, 3.63) is 42.2 Å². The van der Waals surface area contributed by atoms with Crippen LogP contribution in [0, 0.1) is 0 Å². The molecule has 0 atom stereocenters. The van der Waals surface area contributed by atoms with Gasteiger partial charge in [-0.1, -0.05) is 12.1 Å². The van der Waals surface area contributed by atoms with E-state index < -0.39 is 0 Å². The van der Waals surface area contributed by atoms with Gasteiger partial charge in [-0.15, -0.1) is 11.6 Å². The van der Waals surface area contributed by atoms with Gasteiger partial charge in [-0.2, -0.15) is 0 Å². The Balaban J connectivity index is 2.08. The third-order valence-corrected chi connectivity index (χ3v) is 2.65. The Kier molecular flexibility index (Phi) is 4.36. The van der Waals surface area contributed by atoms with Gasteiger partial charge < -0.3 is 10.1 Å². The molecule has 0 aliphatic rings. The first-order valence-electron chi connectivity index (χ1n) is 5.60. The molecule has 0 unspecified atom stereocenters. The lowest BCUT2D eigenvalue weighted by Gasteiger charge is -2.07. The van der Waals surface area contributed by atoms with Crippen LogP contribution in [-0.4, -0.2) is 23.0 Å². The molecule has 4 nitrogen and oxygen atoms in total. The molecule has 2 rings (SSSR count). The lowest BCUT2D eigenvalue weighted by atomic mass is 10.1. The van der Waals surface area contributed by atoms with Crippen LogP contribution in [0.25, 0.3) is 0 Å². The number of methoxy groups -OCH3 is 1. The molecule has 94 valence electrons. The summed E-state index contributed by atoms with van der Waals surface area (Å²) in [5.41, 5.74) is 2.19. The van der Waals surface area contributed by atoms with E-state index in [1.165, 1.54) is 11.9 Å². The Hall–Kier alpha value is -1.81. The normalized spacial score (nSPS) is 10.1. The number of alkyl halides is 1. The molecule has 1 heterocycles. The molecule has 5 heteroatoms. The monoisotopic (exact) mass is 263 g/mol. The highest BCUT2D eigenvalue weighted by atomic mass is 35.5. The average molecular weight is 264 g/mol. The second-order valence-corrected chi connectivity index (χ2v) is 4.08. The Bertz CT molecular complexity index is 502. The zero-order valence-electron chi connectivity index (χ0n) is 10.1. The smallest absolute Gasteiger partial charge is 0.218 e. The Morgan fingerprint density at radius 3 is 2.67 bits per heavy atom. The van der Waals surface area contributed by atoms with Gasteiger partial charge in [0.05, 0.1) is 7.11 Å². The summed E-state index contributed by atoms with van der Waals surface area (Å²) >= 11 is 5.69. The Morgan fingerprint density at radius 2 is 2.00 bits per heavy atom. The molecule has 0 fully saturated rings. The van der Waals surface area contributed by atoms with Crippen molar-refractivity contribution in [1.29, 1.82) is 0 Å². The molecule has 1 aromatic heterocycles. The van der Waals surface area contributed by atoms with E-state index in [-0.39, 0.29) is 0 Å². The first-order valence-corrected chi connectivity index (χ1v) is 6.13. The van der Waals surface area contributed by atoms with Gasteiger partial charge in [0.2, 0.25) is 5.88 Å². The Morgan fingerprint density at radius 1 is 1.22 bits per heavy atom. The van der Waals surface area contributed by atoms with Crippen LogP contribution in [0.5, 0.6) is 5.88 Å². The number of hydrogen-bond donors (Lipinski definition) is 1. The molecule has 0 bridgehead atoms. The highest BCUT2D eigenvalue weighted by Gasteiger charge is 1.99. The molecule has 0 spiro atoms. The number of nitrogens with one attached hydrogen (secondary N) is 1. The van der Waals surface area contributed by atoms with Crippen LogP contribution < -0.4 is 10.1 Å². The van der Waals surface area contributed by atoms with Gasteiger partial charge >= 0.3 is 0 Å². The number of anilines is 2. The number of ether oxygens (including phenoxy) is 1. The summed E-state index contributed by atoms with van der Waals surface area (Å²) < 4.78 is 5.04. The molecule has 0 radical (unpaired) electrons.